The summed E-state index contributed by atoms with van der Waals surface area (Å²) in [5.41, 5.74) is 5.53. The number of esters is 1. The van der Waals surface area contributed by atoms with Crippen molar-refractivity contribution in [3.05, 3.63) is 149 Å². The fraction of sp³-hybridized carbons (Fsp3) is 0. The molecule has 0 bridgehead atoms. The highest BCUT2D eigenvalue weighted by Crippen LogP contribution is 2.31. The van der Waals surface area contributed by atoms with Gasteiger partial charge in [-0.05, 0) is 33.9 Å². The number of carboxylic acids is 1. The van der Waals surface area contributed by atoms with E-state index in [4.69, 9.17) is 9.84 Å². The van der Waals surface area contributed by atoms with Gasteiger partial charge in [0.1, 0.15) is 5.75 Å². The number of rotatable bonds is 9. The molecule has 0 fully saturated rings. The molecule has 4 aromatic carbocycles. The van der Waals surface area contributed by atoms with Crippen LogP contribution in [0.3, 0.4) is 0 Å². The first-order valence-electron chi connectivity index (χ1n) is 12.1. The molecular weight excluding hydrogens is 472 g/mol. The smallest absolute Gasteiger partial charge is 0.336 e. The van der Waals surface area contributed by atoms with Crippen molar-refractivity contribution in [2.75, 3.05) is 0 Å². The van der Waals surface area contributed by atoms with E-state index in [1.165, 1.54) is 0 Å². The lowest BCUT2D eigenvalue weighted by atomic mass is 9.96. The van der Waals surface area contributed by atoms with Crippen LogP contribution in [0.2, 0.25) is 0 Å². The molecule has 0 spiro atoms. The number of ether oxygens (including phenoxy) is 1. The average molecular weight is 499 g/mol. The van der Waals surface area contributed by atoms with Gasteiger partial charge in [0, 0.05) is 17.7 Å². The van der Waals surface area contributed by atoms with E-state index < -0.39 is 11.9 Å². The van der Waals surface area contributed by atoms with Crippen LogP contribution in [0.4, 0.5) is 0 Å². The Morgan fingerprint density at radius 1 is 0.526 bits per heavy atom. The SMILES string of the molecule is O=C(O)/C=C\C(=O)Oc1ccc(/C=C/c2ccccc2)c(/C=C/c2ccccc2)c1/C=C/c1ccccc1. The van der Waals surface area contributed by atoms with Gasteiger partial charge in [0.15, 0.2) is 0 Å². The van der Waals surface area contributed by atoms with Gasteiger partial charge in [-0.1, -0.05) is 134 Å². The lowest BCUT2D eigenvalue weighted by Gasteiger charge is -2.13. The molecule has 4 rings (SSSR count). The Morgan fingerprint density at radius 2 is 1.00 bits per heavy atom. The lowest BCUT2D eigenvalue weighted by molar-refractivity contribution is -0.133. The largest absolute Gasteiger partial charge is 0.478 e. The monoisotopic (exact) mass is 498 g/mol. The molecule has 0 amide bonds. The van der Waals surface area contributed by atoms with E-state index in [9.17, 15) is 9.59 Å². The van der Waals surface area contributed by atoms with E-state index in [1.807, 2.05) is 134 Å². The third-order valence-corrected chi connectivity index (χ3v) is 5.59. The van der Waals surface area contributed by atoms with Gasteiger partial charge >= 0.3 is 11.9 Å². The molecule has 0 aliphatic heterocycles. The van der Waals surface area contributed by atoms with Gasteiger partial charge in [0.2, 0.25) is 0 Å². The normalized spacial score (nSPS) is 11.6. The van der Waals surface area contributed by atoms with Crippen LogP contribution >= 0.6 is 0 Å². The van der Waals surface area contributed by atoms with Crippen molar-refractivity contribution in [1.29, 1.82) is 0 Å². The van der Waals surface area contributed by atoms with Crippen LogP contribution in [0, 0.1) is 0 Å². The zero-order chi connectivity index (χ0) is 26.6. The molecule has 4 nitrogen and oxygen atoms in total. The summed E-state index contributed by atoms with van der Waals surface area (Å²) in [4.78, 5) is 23.3. The molecule has 0 atom stereocenters. The zero-order valence-electron chi connectivity index (χ0n) is 20.6. The van der Waals surface area contributed by atoms with Crippen LogP contribution < -0.4 is 4.74 Å². The fourth-order valence-electron chi connectivity index (χ4n) is 3.74. The van der Waals surface area contributed by atoms with Crippen LogP contribution in [0.5, 0.6) is 5.75 Å². The molecule has 4 heteroatoms. The topological polar surface area (TPSA) is 63.6 Å². The number of aliphatic carboxylic acids is 1. The Bertz CT molecular complexity index is 1500. The predicted octanol–water partition coefficient (Wildman–Crippen LogP) is 7.74. The molecular formula is C34H26O4. The molecule has 0 radical (unpaired) electrons. The molecule has 4 aromatic rings. The van der Waals surface area contributed by atoms with E-state index in [2.05, 4.69) is 0 Å². The molecule has 0 unspecified atom stereocenters. The number of hydrogen-bond donors (Lipinski definition) is 1. The van der Waals surface area contributed by atoms with Crippen molar-refractivity contribution in [2.24, 2.45) is 0 Å². The zero-order valence-corrected chi connectivity index (χ0v) is 20.6. The summed E-state index contributed by atoms with van der Waals surface area (Å²) in [5, 5.41) is 8.88. The van der Waals surface area contributed by atoms with Gasteiger partial charge in [0.25, 0.3) is 0 Å². The van der Waals surface area contributed by atoms with E-state index in [0.29, 0.717) is 11.3 Å². The molecule has 0 aliphatic rings. The summed E-state index contributed by atoms with van der Waals surface area (Å²) in [5.74, 6) is -1.67. The maximum Gasteiger partial charge on any atom is 0.336 e. The number of benzene rings is 4. The summed E-state index contributed by atoms with van der Waals surface area (Å²) in [6.45, 7) is 0. The summed E-state index contributed by atoms with van der Waals surface area (Å²) < 4.78 is 5.60. The predicted molar refractivity (Wildman–Crippen MR) is 155 cm³/mol. The highest BCUT2D eigenvalue weighted by molar-refractivity contribution is 5.93. The minimum atomic E-state index is -1.22. The molecule has 0 aliphatic carbocycles. The Hall–Kier alpha value is -5.22. The Labute approximate surface area is 222 Å². The third-order valence-electron chi connectivity index (χ3n) is 5.59. The van der Waals surface area contributed by atoms with Crippen molar-refractivity contribution in [2.45, 2.75) is 0 Å². The van der Waals surface area contributed by atoms with Gasteiger partial charge in [0.05, 0.1) is 0 Å². The highest BCUT2D eigenvalue weighted by atomic mass is 16.5. The molecule has 38 heavy (non-hydrogen) atoms. The first kappa shape index (κ1) is 25.9. The maximum atomic E-state index is 12.4. The first-order chi connectivity index (χ1) is 18.6. The van der Waals surface area contributed by atoms with E-state index in [0.717, 1.165) is 40.0 Å². The third kappa shape index (κ3) is 7.64. The fourth-order valence-corrected chi connectivity index (χ4v) is 3.74. The van der Waals surface area contributed by atoms with E-state index >= 15 is 0 Å². The van der Waals surface area contributed by atoms with E-state index in [1.54, 1.807) is 6.07 Å². The maximum absolute atomic E-state index is 12.4. The Kier molecular flexibility index (Phi) is 8.98. The second kappa shape index (κ2) is 13.2. The summed E-state index contributed by atoms with van der Waals surface area (Å²) in [6, 6.07) is 33.3. The highest BCUT2D eigenvalue weighted by Gasteiger charge is 2.13. The van der Waals surface area contributed by atoms with Crippen molar-refractivity contribution in [3.63, 3.8) is 0 Å². The minimum absolute atomic E-state index is 0.321. The molecule has 0 saturated carbocycles. The van der Waals surface area contributed by atoms with Crippen LogP contribution in [0.15, 0.2) is 115 Å². The molecule has 0 heterocycles. The van der Waals surface area contributed by atoms with Gasteiger partial charge < -0.3 is 9.84 Å². The van der Waals surface area contributed by atoms with Gasteiger partial charge in [-0.25, -0.2) is 9.59 Å². The quantitative estimate of drug-likeness (QED) is 0.111. The molecule has 0 aromatic heterocycles. The summed E-state index contributed by atoms with van der Waals surface area (Å²) in [7, 11) is 0. The van der Waals surface area contributed by atoms with Crippen LogP contribution in [-0.2, 0) is 9.59 Å². The summed E-state index contributed by atoms with van der Waals surface area (Å²) in [6.07, 6.45) is 13.6. The van der Waals surface area contributed by atoms with Gasteiger partial charge in [-0.2, -0.15) is 0 Å². The number of carbonyl (C=O) groups excluding carboxylic acids is 1. The second-order valence-corrected chi connectivity index (χ2v) is 8.30. The Balaban J connectivity index is 1.84. The molecule has 0 saturated heterocycles. The lowest BCUT2D eigenvalue weighted by Crippen LogP contribution is -2.07. The van der Waals surface area contributed by atoms with Gasteiger partial charge in [-0.15, -0.1) is 0 Å². The van der Waals surface area contributed by atoms with Crippen molar-refractivity contribution in [1.82, 2.24) is 0 Å². The first-order valence-corrected chi connectivity index (χ1v) is 12.1. The Morgan fingerprint density at radius 3 is 1.50 bits per heavy atom. The van der Waals surface area contributed by atoms with Crippen LogP contribution in [-0.4, -0.2) is 17.0 Å². The van der Waals surface area contributed by atoms with Crippen LogP contribution in [0.25, 0.3) is 36.5 Å². The number of hydrogen-bond acceptors (Lipinski definition) is 3. The number of carboxylic acid groups (broad SMARTS) is 1. The van der Waals surface area contributed by atoms with Crippen molar-refractivity contribution in [3.8, 4) is 5.75 Å². The second-order valence-electron chi connectivity index (χ2n) is 8.30. The standard InChI is InChI=1S/C34H26O4/c35-33(36)24-25-34(37)38-32-23-20-29(19-16-26-10-4-1-5-11-26)30(21-17-27-12-6-2-7-13-27)31(32)22-18-28-14-8-3-9-15-28/h1-25H,(H,35,36)/b19-16+,21-17+,22-18+,25-24-. The van der Waals surface area contributed by atoms with Crippen molar-refractivity contribution < 1.29 is 19.4 Å². The number of carbonyl (C=O) groups is 2. The van der Waals surface area contributed by atoms with Crippen molar-refractivity contribution >= 4 is 48.4 Å². The molecule has 1 N–H and O–H groups in total. The van der Waals surface area contributed by atoms with Crippen LogP contribution in [0.1, 0.15) is 33.4 Å². The summed E-state index contributed by atoms with van der Waals surface area (Å²) >= 11 is 0. The minimum Gasteiger partial charge on any atom is -0.478 e. The average Bonchev–Trinajstić information content (AvgIpc) is 2.95. The van der Waals surface area contributed by atoms with E-state index in [-0.39, 0.29) is 0 Å². The molecule has 186 valence electrons. The van der Waals surface area contributed by atoms with Gasteiger partial charge in [-0.3, -0.25) is 0 Å².